The van der Waals surface area contributed by atoms with Crippen LogP contribution >= 0.6 is 0 Å². The van der Waals surface area contributed by atoms with Gasteiger partial charge in [-0.15, -0.1) is 0 Å². The normalized spacial score (nSPS) is 24.8. The highest BCUT2D eigenvalue weighted by atomic mass is 19.4. The van der Waals surface area contributed by atoms with Gasteiger partial charge in [0.1, 0.15) is 17.3 Å². The summed E-state index contributed by atoms with van der Waals surface area (Å²) in [5.41, 5.74) is 0.221. The van der Waals surface area contributed by atoms with E-state index in [4.69, 9.17) is 9.40 Å². The first-order valence-electron chi connectivity index (χ1n) is 12.1. The zero-order valence-electron chi connectivity index (χ0n) is 20.0. The fourth-order valence-corrected chi connectivity index (χ4v) is 5.00. The van der Waals surface area contributed by atoms with Crippen molar-refractivity contribution in [2.24, 2.45) is 17.8 Å². The number of nitrogens with one attached hydrogen (secondary N) is 2. The summed E-state index contributed by atoms with van der Waals surface area (Å²) >= 11 is 0. The second-order valence-electron chi connectivity index (χ2n) is 10.2. The van der Waals surface area contributed by atoms with Crippen LogP contribution in [0.3, 0.4) is 0 Å². The van der Waals surface area contributed by atoms with Crippen molar-refractivity contribution < 1.29 is 22.7 Å². The fraction of sp³-hybridized carbons (Fsp3) is 0.560. The number of hydrogen-bond acceptors (Lipinski definition) is 7. The third-order valence-corrected chi connectivity index (χ3v) is 7.66. The van der Waals surface area contributed by atoms with E-state index in [2.05, 4.69) is 34.4 Å². The number of aromatic nitrogens is 3. The minimum absolute atomic E-state index is 0.125. The Hall–Kier alpha value is -2.88. The number of fused-ring (bicyclic) bond motifs is 1. The number of rotatable bonds is 7. The molecular formula is C25H30F3N5O2. The molecule has 3 atom stereocenters. The highest BCUT2D eigenvalue weighted by Crippen LogP contribution is 2.44. The molecule has 2 saturated carbocycles. The molecule has 2 aliphatic carbocycles. The van der Waals surface area contributed by atoms with Gasteiger partial charge in [0.05, 0.1) is 17.5 Å². The van der Waals surface area contributed by atoms with Crippen LogP contribution in [0.2, 0.25) is 0 Å². The summed E-state index contributed by atoms with van der Waals surface area (Å²) in [5.74, 6) is 2.45. The molecule has 7 nitrogen and oxygen atoms in total. The summed E-state index contributed by atoms with van der Waals surface area (Å²) in [5, 5.41) is 17.0. The first-order valence-corrected chi connectivity index (χ1v) is 12.1. The van der Waals surface area contributed by atoms with Crippen LogP contribution in [-0.2, 0) is 6.18 Å². The van der Waals surface area contributed by atoms with Crippen molar-refractivity contribution in [3.05, 3.63) is 29.7 Å². The van der Waals surface area contributed by atoms with Gasteiger partial charge in [0.25, 0.3) is 0 Å². The van der Waals surface area contributed by atoms with Crippen LogP contribution in [0.25, 0.3) is 22.3 Å². The Morgan fingerprint density at radius 1 is 1.20 bits per heavy atom. The van der Waals surface area contributed by atoms with Gasteiger partial charge in [0.15, 0.2) is 5.58 Å². The molecule has 35 heavy (non-hydrogen) atoms. The number of alkyl halides is 3. The number of aliphatic hydroxyl groups excluding tert-OH is 1. The molecule has 0 radical (unpaired) electrons. The first kappa shape index (κ1) is 23.8. The number of furan rings is 1. The van der Waals surface area contributed by atoms with E-state index in [0.717, 1.165) is 31.6 Å². The average molecular weight is 490 g/mol. The van der Waals surface area contributed by atoms with E-state index in [1.54, 1.807) is 6.07 Å². The zero-order chi connectivity index (χ0) is 25.0. The lowest BCUT2D eigenvalue weighted by Gasteiger charge is -2.33. The van der Waals surface area contributed by atoms with Crippen LogP contribution in [-0.4, -0.2) is 38.7 Å². The summed E-state index contributed by atoms with van der Waals surface area (Å²) in [6.45, 7) is 7.00. The molecular weight excluding hydrogens is 459 g/mol. The van der Waals surface area contributed by atoms with Crippen LogP contribution in [0, 0.1) is 24.7 Å². The van der Waals surface area contributed by atoms with E-state index >= 15 is 0 Å². The highest BCUT2D eigenvalue weighted by molar-refractivity contribution is 5.86. The predicted octanol–water partition coefficient (Wildman–Crippen LogP) is 5.64. The maximum absolute atomic E-state index is 13.2. The number of aliphatic hydroxyl groups is 1. The Morgan fingerprint density at radius 3 is 2.63 bits per heavy atom. The van der Waals surface area contributed by atoms with Gasteiger partial charge in [0, 0.05) is 24.1 Å². The van der Waals surface area contributed by atoms with Crippen LogP contribution in [0.4, 0.5) is 24.9 Å². The summed E-state index contributed by atoms with van der Waals surface area (Å²) in [7, 11) is 0. The Bertz CT molecular complexity index is 1240. The molecule has 2 aliphatic rings. The van der Waals surface area contributed by atoms with E-state index in [0.29, 0.717) is 40.1 Å². The van der Waals surface area contributed by atoms with Gasteiger partial charge < -0.3 is 20.2 Å². The van der Waals surface area contributed by atoms with Crippen LogP contribution in [0.1, 0.15) is 50.9 Å². The summed E-state index contributed by atoms with van der Waals surface area (Å²) in [4.78, 5) is 12.9. The monoisotopic (exact) mass is 489 g/mol. The van der Waals surface area contributed by atoms with Gasteiger partial charge >= 0.3 is 6.18 Å². The molecule has 0 aliphatic heterocycles. The lowest BCUT2D eigenvalue weighted by molar-refractivity contribution is -0.141. The van der Waals surface area contributed by atoms with Crippen molar-refractivity contribution in [3.8, 4) is 11.3 Å². The van der Waals surface area contributed by atoms with Crippen molar-refractivity contribution in [1.29, 1.82) is 0 Å². The largest absolute Gasteiger partial charge is 0.454 e. The second-order valence-corrected chi connectivity index (χ2v) is 10.2. The minimum atomic E-state index is -4.54. The number of nitrogens with zero attached hydrogens (tertiary/aromatic N) is 3. The molecule has 0 spiro atoms. The number of hydrogen-bond donors (Lipinski definition) is 3. The van der Waals surface area contributed by atoms with Crippen LogP contribution < -0.4 is 10.6 Å². The van der Waals surface area contributed by atoms with Gasteiger partial charge in [-0.05, 0) is 69.4 Å². The van der Waals surface area contributed by atoms with Gasteiger partial charge in [-0.3, -0.25) is 0 Å². The standard InChI is InChI=1S/C25H30F3N5O2/c1-13-16(12-34)6-7-24(13,3)33-22-21(14(2)31-23(32-22)30-10-15-4-5-15)18-8-17-9-20(25(26,27)28)29-11-19(17)35-18/h8-9,11,13,15-16,34H,4-7,10,12H2,1-3H3,(H2,30,31,32,33)/t13-,16-,24+/m1/s1. The molecule has 3 N–H and O–H groups in total. The van der Waals surface area contributed by atoms with Gasteiger partial charge in [-0.25, -0.2) is 9.97 Å². The maximum atomic E-state index is 13.2. The van der Waals surface area contributed by atoms with Gasteiger partial charge in [-0.2, -0.15) is 18.2 Å². The highest BCUT2D eigenvalue weighted by Gasteiger charge is 2.43. The van der Waals surface area contributed by atoms with Gasteiger partial charge in [0.2, 0.25) is 5.95 Å². The number of aryl methyl sites for hydroxylation is 1. The first-order chi connectivity index (χ1) is 16.6. The summed E-state index contributed by atoms with van der Waals surface area (Å²) < 4.78 is 45.5. The molecule has 0 amide bonds. The summed E-state index contributed by atoms with van der Waals surface area (Å²) in [6.07, 6.45) is 0.696. The van der Waals surface area contributed by atoms with Crippen LogP contribution in [0.15, 0.2) is 22.7 Å². The quantitative estimate of drug-likeness (QED) is 0.395. The summed E-state index contributed by atoms with van der Waals surface area (Å²) in [6, 6.07) is 2.57. The van der Waals surface area contributed by atoms with E-state index in [1.165, 1.54) is 12.8 Å². The van der Waals surface area contributed by atoms with Crippen LogP contribution in [0.5, 0.6) is 0 Å². The number of pyridine rings is 1. The molecule has 0 saturated heterocycles. The Labute approximate surface area is 201 Å². The van der Waals surface area contributed by atoms with Crippen molar-refractivity contribution in [1.82, 2.24) is 15.0 Å². The third kappa shape index (κ3) is 4.68. The molecule has 2 fully saturated rings. The Kier molecular flexibility index (Phi) is 5.89. The van der Waals surface area contributed by atoms with E-state index in [1.807, 2.05) is 6.92 Å². The lowest BCUT2D eigenvalue weighted by Crippen LogP contribution is -2.40. The number of halogens is 3. The maximum Gasteiger partial charge on any atom is 0.433 e. The lowest BCUT2D eigenvalue weighted by atomic mass is 9.86. The van der Waals surface area contributed by atoms with E-state index in [-0.39, 0.29) is 29.6 Å². The molecule has 0 bridgehead atoms. The molecule has 188 valence electrons. The van der Waals surface area contributed by atoms with Crippen molar-refractivity contribution in [2.75, 3.05) is 23.8 Å². The van der Waals surface area contributed by atoms with Crippen molar-refractivity contribution >= 4 is 22.7 Å². The molecule has 10 heteroatoms. The van der Waals surface area contributed by atoms with Crippen molar-refractivity contribution in [2.45, 2.75) is 58.2 Å². The smallest absolute Gasteiger partial charge is 0.433 e. The Balaban J connectivity index is 1.56. The average Bonchev–Trinajstić information content (AvgIpc) is 3.46. The fourth-order valence-electron chi connectivity index (χ4n) is 5.00. The number of anilines is 2. The van der Waals surface area contributed by atoms with E-state index in [9.17, 15) is 18.3 Å². The molecule has 0 aromatic carbocycles. The topological polar surface area (TPSA) is 96.1 Å². The third-order valence-electron chi connectivity index (χ3n) is 7.66. The van der Waals surface area contributed by atoms with E-state index < -0.39 is 11.9 Å². The predicted molar refractivity (Wildman–Crippen MR) is 127 cm³/mol. The molecule has 0 unspecified atom stereocenters. The minimum Gasteiger partial charge on any atom is -0.454 e. The van der Waals surface area contributed by atoms with Crippen molar-refractivity contribution in [3.63, 3.8) is 0 Å². The zero-order valence-corrected chi connectivity index (χ0v) is 20.0. The molecule has 3 heterocycles. The van der Waals surface area contributed by atoms with Gasteiger partial charge in [-0.1, -0.05) is 6.92 Å². The molecule has 5 rings (SSSR count). The second kappa shape index (κ2) is 8.65. The Morgan fingerprint density at radius 2 is 1.97 bits per heavy atom. The molecule has 3 aromatic heterocycles. The SMILES string of the molecule is Cc1nc(NCC2CC2)nc(N[C@@]2(C)CC[C@H](CO)[C@H]2C)c1-c1cc2cc(C(F)(F)F)ncc2o1. The molecule has 3 aromatic rings.